The van der Waals surface area contributed by atoms with Gasteiger partial charge < -0.3 is 10.1 Å². The molecule has 0 aliphatic rings. The van der Waals surface area contributed by atoms with Crippen LogP contribution in [0.4, 0.5) is 11.5 Å². The van der Waals surface area contributed by atoms with Crippen LogP contribution in [0.15, 0.2) is 114 Å². The van der Waals surface area contributed by atoms with Gasteiger partial charge in [-0.05, 0) is 48.9 Å². The van der Waals surface area contributed by atoms with Gasteiger partial charge >= 0.3 is 0 Å². The highest BCUT2D eigenvalue weighted by atomic mass is 32.2. The monoisotopic (exact) mass is 538 g/mol. The maximum atomic E-state index is 13.4. The Morgan fingerprint density at radius 2 is 1.51 bits per heavy atom. The first-order valence-corrected chi connectivity index (χ1v) is 13.6. The van der Waals surface area contributed by atoms with Crippen molar-refractivity contribution in [2.75, 3.05) is 12.4 Å². The smallest absolute Gasteiger partial charge is 0.267 e. The molecule has 8 nitrogen and oxygen atoms in total. The van der Waals surface area contributed by atoms with Crippen LogP contribution >= 0.6 is 0 Å². The van der Waals surface area contributed by atoms with Gasteiger partial charge in [0, 0.05) is 11.6 Å². The fourth-order valence-electron chi connectivity index (χ4n) is 4.16. The number of aryl methyl sites for hydroxylation is 1. The maximum absolute atomic E-state index is 13.4. The SMILES string of the molecule is COc1ccc(Nc2cc(-c3ccccc3)nn2-c2ccccc2)c(C(=O)NS(=O)(=O)c2ccccc2C)c1. The van der Waals surface area contributed by atoms with Crippen molar-refractivity contribution in [2.24, 2.45) is 0 Å². The molecule has 196 valence electrons. The largest absolute Gasteiger partial charge is 0.497 e. The van der Waals surface area contributed by atoms with Gasteiger partial charge in [0.15, 0.2) is 0 Å². The third-order valence-corrected chi connectivity index (χ3v) is 7.62. The van der Waals surface area contributed by atoms with Crippen LogP contribution in [-0.2, 0) is 10.0 Å². The summed E-state index contributed by atoms with van der Waals surface area (Å²) in [4.78, 5) is 13.4. The number of nitrogens with zero attached hydrogens (tertiary/aromatic N) is 2. The molecule has 0 aliphatic heterocycles. The molecule has 0 spiro atoms. The highest BCUT2D eigenvalue weighted by Gasteiger charge is 2.23. The zero-order valence-corrected chi connectivity index (χ0v) is 22.1. The summed E-state index contributed by atoms with van der Waals surface area (Å²) in [5.41, 5.74) is 3.46. The summed E-state index contributed by atoms with van der Waals surface area (Å²) in [5, 5.41) is 8.09. The number of hydrogen-bond acceptors (Lipinski definition) is 6. The van der Waals surface area contributed by atoms with E-state index >= 15 is 0 Å². The molecule has 4 aromatic carbocycles. The topological polar surface area (TPSA) is 102 Å². The molecule has 1 aromatic heterocycles. The van der Waals surface area contributed by atoms with E-state index in [9.17, 15) is 13.2 Å². The molecule has 0 radical (unpaired) electrons. The molecule has 1 heterocycles. The molecule has 0 fully saturated rings. The molecule has 5 aromatic rings. The van der Waals surface area contributed by atoms with Gasteiger partial charge in [-0.1, -0.05) is 66.7 Å². The van der Waals surface area contributed by atoms with Gasteiger partial charge in [0.05, 0.1) is 34.6 Å². The molecule has 0 saturated carbocycles. The van der Waals surface area contributed by atoms with E-state index in [4.69, 9.17) is 9.84 Å². The van der Waals surface area contributed by atoms with Crippen molar-refractivity contribution < 1.29 is 17.9 Å². The van der Waals surface area contributed by atoms with Crippen LogP contribution in [0.25, 0.3) is 16.9 Å². The average molecular weight is 539 g/mol. The lowest BCUT2D eigenvalue weighted by Gasteiger charge is -2.15. The number of para-hydroxylation sites is 1. The molecule has 0 aliphatic carbocycles. The maximum Gasteiger partial charge on any atom is 0.267 e. The molecule has 0 saturated heterocycles. The predicted octanol–water partition coefficient (Wildman–Crippen LogP) is 5.72. The summed E-state index contributed by atoms with van der Waals surface area (Å²) in [6.07, 6.45) is 0. The Kier molecular flexibility index (Phi) is 7.16. The Morgan fingerprint density at radius 1 is 0.846 bits per heavy atom. The first kappa shape index (κ1) is 25.7. The standard InChI is InChI=1S/C30H26N4O4S/c1-21-11-9-10-16-28(21)39(36,37)33-30(35)25-19-24(38-2)17-18-26(25)31-29-20-27(22-12-5-3-6-13-22)32-34(29)23-14-7-4-8-15-23/h3-20,31H,1-2H3,(H,33,35). The van der Waals surface area contributed by atoms with E-state index in [2.05, 4.69) is 10.0 Å². The number of carbonyl (C=O) groups is 1. The van der Waals surface area contributed by atoms with Crippen molar-refractivity contribution in [1.82, 2.24) is 14.5 Å². The number of aromatic nitrogens is 2. The summed E-state index contributed by atoms with van der Waals surface area (Å²) in [7, 11) is -2.64. The van der Waals surface area contributed by atoms with Gasteiger partial charge in [0.25, 0.3) is 15.9 Å². The van der Waals surface area contributed by atoms with Gasteiger partial charge in [0.2, 0.25) is 0 Å². The van der Waals surface area contributed by atoms with Crippen LogP contribution in [0, 0.1) is 6.92 Å². The number of methoxy groups -OCH3 is 1. The van der Waals surface area contributed by atoms with Gasteiger partial charge in [-0.2, -0.15) is 5.10 Å². The summed E-state index contributed by atoms with van der Waals surface area (Å²) in [6.45, 7) is 1.67. The Morgan fingerprint density at radius 3 is 2.21 bits per heavy atom. The number of ether oxygens (including phenoxy) is 1. The van der Waals surface area contributed by atoms with Crippen LogP contribution in [0.5, 0.6) is 5.75 Å². The van der Waals surface area contributed by atoms with E-state index in [1.807, 2.05) is 66.7 Å². The van der Waals surface area contributed by atoms with E-state index in [0.29, 0.717) is 22.8 Å². The lowest BCUT2D eigenvalue weighted by atomic mass is 10.1. The summed E-state index contributed by atoms with van der Waals surface area (Å²) >= 11 is 0. The molecular weight excluding hydrogens is 512 g/mol. The number of anilines is 2. The van der Waals surface area contributed by atoms with Crippen LogP contribution in [0.2, 0.25) is 0 Å². The molecular formula is C30H26N4O4S. The van der Waals surface area contributed by atoms with E-state index in [-0.39, 0.29) is 10.5 Å². The number of hydrogen-bond donors (Lipinski definition) is 2. The van der Waals surface area contributed by atoms with E-state index in [1.165, 1.54) is 19.2 Å². The lowest BCUT2D eigenvalue weighted by molar-refractivity contribution is 0.0982. The second-order valence-corrected chi connectivity index (χ2v) is 10.4. The van der Waals surface area contributed by atoms with Crippen LogP contribution in [0.1, 0.15) is 15.9 Å². The minimum atomic E-state index is -4.12. The quantitative estimate of drug-likeness (QED) is 0.262. The molecule has 2 N–H and O–H groups in total. The Hall–Kier alpha value is -4.89. The molecule has 0 atom stereocenters. The normalized spacial score (nSPS) is 11.1. The summed E-state index contributed by atoms with van der Waals surface area (Å²) in [6, 6.07) is 32.5. The minimum Gasteiger partial charge on any atom is -0.497 e. The van der Waals surface area contributed by atoms with E-state index in [0.717, 1.165) is 16.9 Å². The second-order valence-electron chi connectivity index (χ2n) is 8.76. The summed E-state index contributed by atoms with van der Waals surface area (Å²) in [5.74, 6) is 0.190. The number of amides is 1. The van der Waals surface area contributed by atoms with E-state index < -0.39 is 15.9 Å². The minimum absolute atomic E-state index is 0.0328. The lowest BCUT2D eigenvalue weighted by Crippen LogP contribution is -2.31. The average Bonchev–Trinajstić information content (AvgIpc) is 3.38. The van der Waals surface area contributed by atoms with Gasteiger partial charge in [0.1, 0.15) is 11.6 Å². The first-order valence-electron chi connectivity index (χ1n) is 12.1. The molecule has 1 amide bonds. The fourth-order valence-corrected chi connectivity index (χ4v) is 5.37. The van der Waals surface area contributed by atoms with Crippen molar-refractivity contribution in [3.8, 4) is 22.7 Å². The number of carbonyl (C=O) groups excluding carboxylic acids is 1. The summed E-state index contributed by atoms with van der Waals surface area (Å²) < 4.78 is 35.4. The third-order valence-electron chi connectivity index (χ3n) is 6.12. The number of nitrogens with one attached hydrogen (secondary N) is 2. The number of rotatable bonds is 8. The van der Waals surface area contributed by atoms with Crippen LogP contribution in [-0.4, -0.2) is 31.2 Å². The number of sulfonamides is 1. The van der Waals surface area contributed by atoms with Gasteiger partial charge in [-0.25, -0.2) is 17.8 Å². The van der Waals surface area contributed by atoms with Crippen LogP contribution in [0.3, 0.4) is 0 Å². The van der Waals surface area contributed by atoms with Gasteiger partial charge in [-0.15, -0.1) is 0 Å². The Labute approximate surface area is 226 Å². The van der Waals surface area contributed by atoms with Crippen molar-refractivity contribution in [3.63, 3.8) is 0 Å². The van der Waals surface area contributed by atoms with Crippen molar-refractivity contribution in [1.29, 1.82) is 0 Å². The Bertz CT molecular complexity index is 1730. The molecule has 0 unspecified atom stereocenters. The third kappa shape index (κ3) is 5.53. The van der Waals surface area contributed by atoms with E-state index in [1.54, 1.807) is 41.9 Å². The Balaban J connectivity index is 1.55. The van der Waals surface area contributed by atoms with Crippen molar-refractivity contribution in [3.05, 3.63) is 120 Å². The highest BCUT2D eigenvalue weighted by Crippen LogP contribution is 2.30. The second kappa shape index (κ2) is 10.8. The molecule has 39 heavy (non-hydrogen) atoms. The zero-order valence-electron chi connectivity index (χ0n) is 21.3. The zero-order chi connectivity index (χ0) is 27.4. The first-order chi connectivity index (χ1) is 18.9. The fraction of sp³-hybridized carbons (Fsp3) is 0.0667. The molecule has 5 rings (SSSR count). The van der Waals surface area contributed by atoms with Crippen molar-refractivity contribution in [2.45, 2.75) is 11.8 Å². The predicted molar refractivity (Wildman–Crippen MR) is 151 cm³/mol. The number of benzene rings is 4. The van der Waals surface area contributed by atoms with Gasteiger partial charge in [-0.3, -0.25) is 4.79 Å². The van der Waals surface area contributed by atoms with Crippen LogP contribution < -0.4 is 14.8 Å². The van der Waals surface area contributed by atoms with Crippen molar-refractivity contribution >= 4 is 27.4 Å². The highest BCUT2D eigenvalue weighted by molar-refractivity contribution is 7.90. The molecule has 9 heteroatoms. The molecule has 0 bridgehead atoms.